The predicted molar refractivity (Wildman–Crippen MR) is 78.1 cm³/mol. The van der Waals surface area contributed by atoms with Gasteiger partial charge in [0.1, 0.15) is 0 Å². The molecule has 0 atom stereocenters. The SMILES string of the molecule is NS(=O)(=O)c1ccc2c(c1)C(=O)c1cc(S(N)(=O)=O)ccc1-2. The molecule has 0 unspecified atom stereocenters. The summed E-state index contributed by atoms with van der Waals surface area (Å²) in [7, 11) is -7.87. The number of sulfonamides is 2. The van der Waals surface area contributed by atoms with Crippen molar-refractivity contribution >= 4 is 25.8 Å². The Morgan fingerprint density at radius 1 is 0.636 bits per heavy atom. The van der Waals surface area contributed by atoms with Crippen molar-refractivity contribution in [1.82, 2.24) is 0 Å². The molecule has 7 nitrogen and oxygen atoms in total. The van der Waals surface area contributed by atoms with Crippen LogP contribution in [0.2, 0.25) is 0 Å². The second-order valence-electron chi connectivity index (χ2n) is 4.83. The van der Waals surface area contributed by atoms with Gasteiger partial charge in [0.05, 0.1) is 9.79 Å². The maximum absolute atomic E-state index is 12.4. The van der Waals surface area contributed by atoms with E-state index in [9.17, 15) is 21.6 Å². The monoisotopic (exact) mass is 338 g/mol. The number of benzene rings is 2. The van der Waals surface area contributed by atoms with Crippen LogP contribution in [0.5, 0.6) is 0 Å². The van der Waals surface area contributed by atoms with Crippen molar-refractivity contribution in [2.75, 3.05) is 0 Å². The lowest BCUT2D eigenvalue weighted by molar-refractivity contribution is 0.104. The molecule has 1 aliphatic rings. The fourth-order valence-corrected chi connectivity index (χ4v) is 3.47. The summed E-state index contributed by atoms with van der Waals surface area (Å²) in [5.41, 5.74) is 1.36. The first-order valence-electron chi connectivity index (χ1n) is 5.98. The van der Waals surface area contributed by atoms with E-state index in [2.05, 4.69) is 0 Å². The highest BCUT2D eigenvalue weighted by Gasteiger charge is 2.29. The van der Waals surface area contributed by atoms with E-state index >= 15 is 0 Å². The van der Waals surface area contributed by atoms with E-state index in [0.29, 0.717) is 11.1 Å². The molecular formula is C13H10N2O5S2. The van der Waals surface area contributed by atoms with Crippen molar-refractivity contribution in [3.63, 3.8) is 0 Å². The molecule has 0 aromatic heterocycles. The van der Waals surface area contributed by atoms with Crippen LogP contribution < -0.4 is 10.3 Å². The number of hydrogen-bond donors (Lipinski definition) is 2. The number of fused-ring (bicyclic) bond motifs is 3. The van der Waals surface area contributed by atoms with Crippen LogP contribution in [-0.4, -0.2) is 22.6 Å². The number of carbonyl (C=O) groups excluding carboxylic acids is 1. The van der Waals surface area contributed by atoms with Gasteiger partial charge in [-0.1, -0.05) is 12.1 Å². The minimum Gasteiger partial charge on any atom is -0.289 e. The Balaban J connectivity index is 2.24. The van der Waals surface area contributed by atoms with E-state index in [0.717, 1.165) is 0 Å². The van der Waals surface area contributed by atoms with Crippen LogP contribution in [0, 0.1) is 0 Å². The summed E-state index contributed by atoms with van der Waals surface area (Å²) in [5.74, 6) is -0.471. The summed E-state index contributed by atoms with van der Waals surface area (Å²) < 4.78 is 45.5. The topological polar surface area (TPSA) is 137 Å². The molecule has 4 N–H and O–H groups in total. The Kier molecular flexibility index (Phi) is 3.01. The zero-order valence-electron chi connectivity index (χ0n) is 11.0. The van der Waals surface area contributed by atoms with Crippen LogP contribution in [0.1, 0.15) is 15.9 Å². The molecule has 0 saturated heterocycles. The predicted octanol–water partition coefficient (Wildman–Crippen LogP) is 0.193. The highest BCUT2D eigenvalue weighted by molar-refractivity contribution is 7.89. The molecule has 114 valence electrons. The lowest BCUT2D eigenvalue weighted by Crippen LogP contribution is -2.13. The van der Waals surface area contributed by atoms with Gasteiger partial charge in [-0.3, -0.25) is 4.79 Å². The van der Waals surface area contributed by atoms with Crippen LogP contribution >= 0.6 is 0 Å². The van der Waals surface area contributed by atoms with E-state index in [1.807, 2.05) is 0 Å². The van der Waals surface area contributed by atoms with E-state index < -0.39 is 25.8 Å². The number of hydrogen-bond acceptors (Lipinski definition) is 5. The van der Waals surface area contributed by atoms with Crippen molar-refractivity contribution in [2.45, 2.75) is 9.79 Å². The minimum atomic E-state index is -3.93. The summed E-state index contributed by atoms with van der Waals surface area (Å²) in [6, 6.07) is 7.90. The van der Waals surface area contributed by atoms with E-state index in [1.54, 1.807) is 0 Å². The average Bonchev–Trinajstić information content (AvgIpc) is 2.70. The molecule has 22 heavy (non-hydrogen) atoms. The molecule has 1 aliphatic carbocycles. The lowest BCUT2D eigenvalue weighted by Gasteiger charge is -2.03. The first kappa shape index (κ1) is 14.9. The maximum atomic E-state index is 12.4. The van der Waals surface area contributed by atoms with Gasteiger partial charge in [-0.15, -0.1) is 0 Å². The van der Waals surface area contributed by atoms with Gasteiger partial charge in [-0.05, 0) is 35.4 Å². The van der Waals surface area contributed by atoms with Gasteiger partial charge in [-0.25, -0.2) is 27.1 Å². The molecule has 9 heteroatoms. The maximum Gasteiger partial charge on any atom is 0.238 e. The average molecular weight is 338 g/mol. The zero-order valence-corrected chi connectivity index (χ0v) is 12.6. The van der Waals surface area contributed by atoms with Crippen molar-refractivity contribution in [3.05, 3.63) is 47.5 Å². The van der Waals surface area contributed by atoms with Gasteiger partial charge >= 0.3 is 0 Å². The van der Waals surface area contributed by atoms with Gasteiger partial charge in [0.25, 0.3) is 0 Å². The number of ketones is 1. The molecule has 0 amide bonds. The number of nitrogens with two attached hydrogens (primary N) is 2. The number of carbonyl (C=O) groups is 1. The third-order valence-electron chi connectivity index (χ3n) is 3.42. The molecule has 2 aromatic carbocycles. The second kappa shape index (κ2) is 4.46. The summed E-state index contributed by atoms with van der Waals surface area (Å²) in [6.07, 6.45) is 0. The lowest BCUT2D eigenvalue weighted by atomic mass is 10.1. The molecule has 0 bridgehead atoms. The molecule has 0 fully saturated rings. The van der Waals surface area contributed by atoms with Crippen molar-refractivity contribution in [1.29, 1.82) is 0 Å². The zero-order chi connectivity index (χ0) is 16.3. The molecule has 2 aromatic rings. The Morgan fingerprint density at radius 2 is 1.00 bits per heavy atom. The van der Waals surface area contributed by atoms with Gasteiger partial charge < -0.3 is 0 Å². The standard InChI is InChI=1S/C13H10N2O5S2/c14-21(17,18)7-1-3-9-10-4-2-8(22(15,19)20)6-12(10)13(16)11(9)5-7/h1-6H,(H2,14,17,18)(H2,15,19,20). The molecule has 0 radical (unpaired) electrons. The van der Waals surface area contributed by atoms with E-state index in [4.69, 9.17) is 10.3 Å². The quantitative estimate of drug-likeness (QED) is 0.687. The summed E-state index contributed by atoms with van der Waals surface area (Å²) >= 11 is 0. The normalized spacial score (nSPS) is 13.8. The van der Waals surface area contributed by atoms with E-state index in [1.165, 1.54) is 36.4 Å². The Hall–Kier alpha value is -2.07. The fraction of sp³-hybridized carbons (Fsp3) is 0. The summed E-state index contributed by atoms with van der Waals surface area (Å²) in [5, 5.41) is 10.1. The molecule has 3 rings (SSSR count). The Bertz CT molecular complexity index is 957. The van der Waals surface area contributed by atoms with Crippen LogP contribution in [0.15, 0.2) is 46.2 Å². The van der Waals surface area contributed by atoms with Crippen LogP contribution in [0.3, 0.4) is 0 Å². The van der Waals surface area contributed by atoms with Gasteiger partial charge in [0.15, 0.2) is 5.78 Å². The molecule has 0 heterocycles. The third kappa shape index (κ3) is 2.24. The van der Waals surface area contributed by atoms with Crippen molar-refractivity contribution in [2.24, 2.45) is 10.3 Å². The van der Waals surface area contributed by atoms with Crippen molar-refractivity contribution < 1.29 is 21.6 Å². The molecule has 0 saturated carbocycles. The summed E-state index contributed by atoms with van der Waals surface area (Å²) in [6.45, 7) is 0. The first-order chi connectivity index (χ1) is 10.1. The molecule has 0 spiro atoms. The fourth-order valence-electron chi connectivity index (χ4n) is 2.39. The Morgan fingerprint density at radius 3 is 1.32 bits per heavy atom. The first-order valence-corrected chi connectivity index (χ1v) is 9.07. The summed E-state index contributed by atoms with van der Waals surface area (Å²) in [4.78, 5) is 12.0. The molecule has 0 aliphatic heterocycles. The van der Waals surface area contributed by atoms with Gasteiger partial charge in [0, 0.05) is 11.1 Å². The highest BCUT2D eigenvalue weighted by Crippen LogP contribution is 2.38. The second-order valence-corrected chi connectivity index (χ2v) is 7.96. The van der Waals surface area contributed by atoms with Gasteiger partial charge in [-0.2, -0.15) is 0 Å². The smallest absolute Gasteiger partial charge is 0.238 e. The van der Waals surface area contributed by atoms with Crippen LogP contribution in [0.25, 0.3) is 11.1 Å². The van der Waals surface area contributed by atoms with E-state index in [-0.39, 0.29) is 20.9 Å². The Labute approximate surface area is 126 Å². The van der Waals surface area contributed by atoms with Crippen LogP contribution in [-0.2, 0) is 20.0 Å². The largest absolute Gasteiger partial charge is 0.289 e. The third-order valence-corrected chi connectivity index (χ3v) is 5.24. The molecular weight excluding hydrogens is 328 g/mol. The van der Waals surface area contributed by atoms with Crippen LogP contribution in [0.4, 0.5) is 0 Å². The highest BCUT2D eigenvalue weighted by atomic mass is 32.2. The van der Waals surface area contributed by atoms with Crippen molar-refractivity contribution in [3.8, 4) is 11.1 Å². The minimum absolute atomic E-state index is 0.160. The van der Waals surface area contributed by atoms with Gasteiger partial charge in [0.2, 0.25) is 20.0 Å². The number of primary sulfonamides is 2. The number of rotatable bonds is 2.